The molecular weight excluding hydrogens is 130 g/mol. The number of aromatic nitrogens is 1. The molecule has 52 valence electrons. The summed E-state index contributed by atoms with van der Waals surface area (Å²) in [6, 6.07) is 3.31. The van der Waals surface area contributed by atoms with Gasteiger partial charge in [-0.3, -0.25) is 4.98 Å². The van der Waals surface area contributed by atoms with E-state index in [0.29, 0.717) is 11.8 Å². The molecule has 1 heterocycles. The Morgan fingerprint density at radius 1 is 1.70 bits per heavy atom. The van der Waals surface area contributed by atoms with Crippen LogP contribution >= 0.6 is 0 Å². The summed E-state index contributed by atoms with van der Waals surface area (Å²) in [5, 5.41) is 8.92. The molecule has 0 fully saturated rings. The number of rotatable bonds is 2. The van der Waals surface area contributed by atoms with Crippen LogP contribution in [0, 0.1) is 0 Å². The molecule has 1 aromatic heterocycles. The van der Waals surface area contributed by atoms with Crippen LogP contribution in [0.1, 0.15) is 11.7 Å². The molecule has 0 bridgehead atoms. The Bertz CT molecular complexity index is 210. The number of nitrogens with zero attached hydrogens (tertiary/aromatic N) is 1. The van der Waals surface area contributed by atoms with E-state index < -0.39 is 6.10 Å². The highest BCUT2D eigenvalue weighted by Crippen LogP contribution is 2.06. The number of aliphatic hydroxyl groups is 1. The first-order chi connectivity index (χ1) is 4.84. The second kappa shape index (κ2) is 3.08. The zero-order chi connectivity index (χ0) is 7.40. The van der Waals surface area contributed by atoms with Crippen LogP contribution in [0.4, 0.5) is 0 Å². The molecule has 0 aromatic carbocycles. The van der Waals surface area contributed by atoms with Crippen molar-refractivity contribution in [3.8, 4) is 0 Å². The van der Waals surface area contributed by atoms with Crippen molar-refractivity contribution in [2.24, 2.45) is 0 Å². The number of carbonyl (C=O) groups excluding carboxylic acids is 1. The maximum atomic E-state index is 10.0. The van der Waals surface area contributed by atoms with E-state index in [9.17, 15) is 4.79 Å². The summed E-state index contributed by atoms with van der Waals surface area (Å²) in [5.74, 6) is 0. The molecule has 1 rings (SSSR count). The summed E-state index contributed by atoms with van der Waals surface area (Å²) in [6.07, 6.45) is 2.48. The largest absolute Gasteiger partial charge is 0.381 e. The lowest BCUT2D eigenvalue weighted by Crippen LogP contribution is -1.97. The van der Waals surface area contributed by atoms with Gasteiger partial charge < -0.3 is 9.90 Å². The van der Waals surface area contributed by atoms with Crippen LogP contribution < -0.4 is 0 Å². The molecule has 0 aliphatic rings. The Labute approximate surface area is 58.3 Å². The van der Waals surface area contributed by atoms with Gasteiger partial charge in [-0.25, -0.2) is 0 Å². The van der Waals surface area contributed by atoms with E-state index in [1.54, 1.807) is 18.3 Å². The molecule has 0 spiro atoms. The van der Waals surface area contributed by atoms with Crippen LogP contribution in [0.3, 0.4) is 0 Å². The molecule has 3 nitrogen and oxygen atoms in total. The standard InChI is InChI=1S/C7H7NO2/c9-5-7(10)6-2-1-3-8-4-6/h1-5,7,10H. The molecule has 0 radical (unpaired) electrons. The summed E-state index contributed by atoms with van der Waals surface area (Å²) < 4.78 is 0. The van der Waals surface area contributed by atoms with Crippen LogP contribution in [0.5, 0.6) is 0 Å². The van der Waals surface area contributed by atoms with E-state index in [1.165, 1.54) is 6.20 Å². The number of hydrogen-bond donors (Lipinski definition) is 1. The van der Waals surface area contributed by atoms with Gasteiger partial charge in [0.2, 0.25) is 0 Å². The highest BCUT2D eigenvalue weighted by molar-refractivity contribution is 5.58. The molecule has 3 heteroatoms. The van der Waals surface area contributed by atoms with Gasteiger partial charge in [0, 0.05) is 18.0 Å². The quantitative estimate of drug-likeness (QED) is 0.597. The molecule has 0 aliphatic carbocycles. The van der Waals surface area contributed by atoms with Crippen LogP contribution in [-0.4, -0.2) is 16.4 Å². The lowest BCUT2D eigenvalue weighted by atomic mass is 10.2. The van der Waals surface area contributed by atoms with Crippen molar-refractivity contribution < 1.29 is 9.90 Å². The molecule has 0 saturated carbocycles. The topological polar surface area (TPSA) is 50.2 Å². The van der Waals surface area contributed by atoms with Crippen molar-refractivity contribution >= 4 is 6.29 Å². The van der Waals surface area contributed by atoms with Crippen molar-refractivity contribution in [1.29, 1.82) is 0 Å². The van der Waals surface area contributed by atoms with Gasteiger partial charge in [0.25, 0.3) is 0 Å². The lowest BCUT2D eigenvalue weighted by molar-refractivity contribution is -0.115. The third kappa shape index (κ3) is 1.39. The summed E-state index contributed by atoms with van der Waals surface area (Å²) >= 11 is 0. The number of hydrogen-bond acceptors (Lipinski definition) is 3. The van der Waals surface area contributed by atoms with Gasteiger partial charge in [-0.1, -0.05) is 6.07 Å². The van der Waals surface area contributed by atoms with Gasteiger partial charge in [-0.2, -0.15) is 0 Å². The highest BCUT2D eigenvalue weighted by Gasteiger charge is 2.02. The van der Waals surface area contributed by atoms with Gasteiger partial charge in [0.1, 0.15) is 6.10 Å². The van der Waals surface area contributed by atoms with Gasteiger partial charge in [0.15, 0.2) is 6.29 Å². The third-order valence-corrected chi connectivity index (χ3v) is 1.15. The van der Waals surface area contributed by atoms with Crippen molar-refractivity contribution in [1.82, 2.24) is 4.98 Å². The fourth-order valence-electron chi connectivity index (χ4n) is 0.629. The minimum absolute atomic E-state index is 0.469. The molecule has 0 saturated heterocycles. The zero-order valence-corrected chi connectivity index (χ0v) is 5.27. The summed E-state index contributed by atoms with van der Waals surface area (Å²) in [4.78, 5) is 13.8. The smallest absolute Gasteiger partial charge is 0.153 e. The van der Waals surface area contributed by atoms with Crippen LogP contribution in [0.25, 0.3) is 0 Å². The first-order valence-electron chi connectivity index (χ1n) is 2.88. The predicted octanol–water partition coefficient (Wildman–Crippen LogP) is 0.314. The molecule has 0 amide bonds. The Balaban J connectivity index is 2.84. The molecule has 1 N–H and O–H groups in total. The van der Waals surface area contributed by atoms with Gasteiger partial charge >= 0.3 is 0 Å². The average Bonchev–Trinajstić information content (AvgIpc) is 2.05. The molecule has 1 unspecified atom stereocenters. The monoisotopic (exact) mass is 137 g/mol. The number of carbonyl (C=O) groups is 1. The van der Waals surface area contributed by atoms with Crippen molar-refractivity contribution in [3.05, 3.63) is 30.1 Å². The maximum absolute atomic E-state index is 10.0. The van der Waals surface area contributed by atoms with Crippen molar-refractivity contribution in [3.63, 3.8) is 0 Å². The van der Waals surface area contributed by atoms with Crippen LogP contribution in [0.2, 0.25) is 0 Å². The highest BCUT2D eigenvalue weighted by atomic mass is 16.3. The van der Waals surface area contributed by atoms with Crippen LogP contribution in [-0.2, 0) is 4.79 Å². The second-order valence-corrected chi connectivity index (χ2v) is 1.87. The minimum atomic E-state index is -1.03. The molecule has 10 heavy (non-hydrogen) atoms. The first kappa shape index (κ1) is 6.89. The first-order valence-corrected chi connectivity index (χ1v) is 2.88. The van der Waals surface area contributed by atoms with E-state index in [2.05, 4.69) is 4.98 Å². The maximum Gasteiger partial charge on any atom is 0.153 e. The van der Waals surface area contributed by atoms with Gasteiger partial charge in [0.05, 0.1) is 0 Å². The second-order valence-electron chi connectivity index (χ2n) is 1.87. The Kier molecular flexibility index (Phi) is 2.12. The SMILES string of the molecule is O=CC(O)c1cccnc1. The summed E-state index contributed by atoms with van der Waals surface area (Å²) in [7, 11) is 0. The zero-order valence-electron chi connectivity index (χ0n) is 5.27. The van der Waals surface area contributed by atoms with E-state index >= 15 is 0 Å². The van der Waals surface area contributed by atoms with Crippen molar-refractivity contribution in [2.45, 2.75) is 6.10 Å². The normalized spacial score (nSPS) is 12.5. The Hall–Kier alpha value is -1.22. The number of aliphatic hydroxyl groups excluding tert-OH is 1. The Morgan fingerprint density at radius 3 is 3.00 bits per heavy atom. The van der Waals surface area contributed by atoms with E-state index in [-0.39, 0.29) is 0 Å². The van der Waals surface area contributed by atoms with Crippen LogP contribution in [0.15, 0.2) is 24.5 Å². The van der Waals surface area contributed by atoms with Crippen molar-refractivity contribution in [2.75, 3.05) is 0 Å². The lowest BCUT2D eigenvalue weighted by Gasteiger charge is -1.99. The van der Waals surface area contributed by atoms with Gasteiger partial charge in [-0.15, -0.1) is 0 Å². The average molecular weight is 137 g/mol. The predicted molar refractivity (Wildman–Crippen MR) is 35.3 cm³/mol. The van der Waals surface area contributed by atoms with E-state index in [1.807, 2.05) is 0 Å². The Morgan fingerprint density at radius 2 is 2.50 bits per heavy atom. The molecular formula is C7H7NO2. The van der Waals surface area contributed by atoms with Gasteiger partial charge in [-0.05, 0) is 6.07 Å². The number of pyridine rings is 1. The minimum Gasteiger partial charge on any atom is -0.381 e. The number of aldehydes is 1. The van der Waals surface area contributed by atoms with E-state index in [0.717, 1.165) is 0 Å². The molecule has 0 aliphatic heterocycles. The van der Waals surface area contributed by atoms with E-state index in [4.69, 9.17) is 5.11 Å². The summed E-state index contributed by atoms with van der Waals surface area (Å²) in [5.41, 5.74) is 0.525. The molecule has 1 atom stereocenters. The molecule has 1 aromatic rings. The fraction of sp³-hybridized carbons (Fsp3) is 0.143. The third-order valence-electron chi connectivity index (χ3n) is 1.15. The summed E-state index contributed by atoms with van der Waals surface area (Å²) in [6.45, 7) is 0. The fourth-order valence-corrected chi connectivity index (χ4v) is 0.629.